The number of carbonyl (C=O) groups is 2. The van der Waals surface area contributed by atoms with Crippen LogP contribution < -0.4 is 20.1 Å². The molecule has 1 aromatic rings. The Labute approximate surface area is 155 Å². The number of hydrogen-bond donors (Lipinski definition) is 2. The van der Waals surface area contributed by atoms with Gasteiger partial charge in [0.15, 0.2) is 11.5 Å². The fraction of sp³-hybridized carbons (Fsp3) is 0.579. The van der Waals surface area contributed by atoms with Crippen molar-refractivity contribution in [1.82, 2.24) is 10.2 Å². The molecule has 2 rings (SSSR count). The van der Waals surface area contributed by atoms with E-state index in [-0.39, 0.29) is 24.0 Å². The maximum Gasteiger partial charge on any atom is 0.319 e. The fourth-order valence-electron chi connectivity index (χ4n) is 3.45. The molecular formula is C19H29N3O4. The van der Waals surface area contributed by atoms with Gasteiger partial charge in [0.1, 0.15) is 0 Å². The van der Waals surface area contributed by atoms with Gasteiger partial charge in [0.05, 0.1) is 25.5 Å². The smallest absolute Gasteiger partial charge is 0.319 e. The molecule has 7 heteroatoms. The molecule has 0 spiro atoms. The Hall–Kier alpha value is -2.44. The summed E-state index contributed by atoms with van der Waals surface area (Å²) >= 11 is 0. The number of methoxy groups -OCH3 is 2. The number of likely N-dealkylation sites (tertiary alicyclic amines) is 1. The van der Waals surface area contributed by atoms with Gasteiger partial charge < -0.3 is 25.0 Å². The summed E-state index contributed by atoms with van der Waals surface area (Å²) in [4.78, 5) is 27.2. The highest BCUT2D eigenvalue weighted by Gasteiger charge is 2.31. The molecule has 0 unspecified atom stereocenters. The minimum Gasteiger partial charge on any atom is -0.493 e. The molecule has 0 aromatic heterocycles. The molecule has 0 aliphatic carbocycles. The van der Waals surface area contributed by atoms with E-state index < -0.39 is 0 Å². The summed E-state index contributed by atoms with van der Waals surface area (Å²) in [7, 11) is 3.04. The van der Waals surface area contributed by atoms with E-state index in [0.29, 0.717) is 29.3 Å². The second-order valence-corrected chi connectivity index (χ2v) is 6.58. The van der Waals surface area contributed by atoms with Crippen LogP contribution in [0.4, 0.5) is 10.5 Å². The van der Waals surface area contributed by atoms with Gasteiger partial charge in [-0.05, 0) is 46.1 Å². The lowest BCUT2D eigenvalue weighted by Crippen LogP contribution is -2.47. The second kappa shape index (κ2) is 8.78. The number of amides is 3. The van der Waals surface area contributed by atoms with Crippen LogP contribution in [0, 0.1) is 0 Å². The van der Waals surface area contributed by atoms with Crippen molar-refractivity contribution in [2.24, 2.45) is 0 Å². The number of nitrogens with one attached hydrogen (secondary N) is 2. The summed E-state index contributed by atoms with van der Waals surface area (Å²) in [5.74, 6) is 0.794. The highest BCUT2D eigenvalue weighted by Crippen LogP contribution is 2.35. The molecule has 1 saturated heterocycles. The van der Waals surface area contributed by atoms with Crippen molar-refractivity contribution in [1.29, 1.82) is 0 Å². The van der Waals surface area contributed by atoms with Gasteiger partial charge in [-0.2, -0.15) is 0 Å². The summed E-state index contributed by atoms with van der Waals surface area (Å²) in [6, 6.07) is 3.19. The van der Waals surface area contributed by atoms with Gasteiger partial charge in [-0.25, -0.2) is 4.79 Å². The average Bonchev–Trinajstić information content (AvgIpc) is 2.61. The first kappa shape index (κ1) is 19.9. The molecule has 2 atom stereocenters. The number of rotatable bonds is 5. The van der Waals surface area contributed by atoms with Crippen LogP contribution in [0.25, 0.3) is 0 Å². The van der Waals surface area contributed by atoms with E-state index in [9.17, 15) is 9.59 Å². The van der Waals surface area contributed by atoms with Crippen LogP contribution in [0.5, 0.6) is 11.5 Å². The predicted molar refractivity (Wildman–Crippen MR) is 101 cm³/mol. The van der Waals surface area contributed by atoms with Crippen LogP contribution in [-0.2, 0) is 0 Å². The molecule has 1 heterocycles. The molecule has 1 aliphatic heterocycles. The lowest BCUT2D eigenvalue weighted by atomic mass is 9.96. The van der Waals surface area contributed by atoms with Gasteiger partial charge in [0.25, 0.3) is 5.91 Å². The fourth-order valence-corrected chi connectivity index (χ4v) is 3.45. The molecule has 1 fully saturated rings. The number of benzene rings is 1. The number of hydrogen-bond acceptors (Lipinski definition) is 4. The van der Waals surface area contributed by atoms with Crippen molar-refractivity contribution in [3.05, 3.63) is 17.7 Å². The van der Waals surface area contributed by atoms with Gasteiger partial charge in [-0.3, -0.25) is 4.79 Å². The SMILES string of the molecule is CCNC(=O)Nc1cc(OC)c(OC)cc1C(=O)N1[C@H](C)CCC[C@H]1C. The quantitative estimate of drug-likeness (QED) is 0.842. The van der Waals surface area contributed by atoms with Crippen molar-refractivity contribution in [2.45, 2.75) is 52.1 Å². The summed E-state index contributed by atoms with van der Waals surface area (Å²) in [5.41, 5.74) is 0.804. The van der Waals surface area contributed by atoms with Crippen molar-refractivity contribution >= 4 is 17.6 Å². The van der Waals surface area contributed by atoms with Crippen LogP contribution in [0.3, 0.4) is 0 Å². The van der Waals surface area contributed by atoms with Crippen LogP contribution in [0.1, 0.15) is 50.4 Å². The minimum atomic E-state index is -0.367. The molecule has 1 aliphatic rings. The summed E-state index contributed by atoms with van der Waals surface area (Å²) in [6.07, 6.45) is 3.06. The number of piperidine rings is 1. The Morgan fingerprint density at radius 1 is 1.12 bits per heavy atom. The first-order valence-electron chi connectivity index (χ1n) is 9.06. The van der Waals surface area contributed by atoms with E-state index in [1.807, 2.05) is 11.8 Å². The first-order valence-corrected chi connectivity index (χ1v) is 9.06. The Balaban J connectivity index is 2.46. The van der Waals surface area contributed by atoms with Gasteiger partial charge >= 0.3 is 6.03 Å². The maximum atomic E-state index is 13.3. The molecule has 144 valence electrons. The number of ether oxygens (including phenoxy) is 2. The van der Waals surface area contributed by atoms with Gasteiger partial charge in [-0.1, -0.05) is 0 Å². The van der Waals surface area contributed by atoms with Crippen LogP contribution in [0.2, 0.25) is 0 Å². The normalized spacial score (nSPS) is 19.7. The summed E-state index contributed by atoms with van der Waals surface area (Å²) in [5, 5.41) is 5.43. The Morgan fingerprint density at radius 3 is 2.23 bits per heavy atom. The number of nitrogens with zero attached hydrogens (tertiary/aromatic N) is 1. The molecule has 2 N–H and O–H groups in total. The lowest BCUT2D eigenvalue weighted by molar-refractivity contribution is 0.0511. The van der Waals surface area contributed by atoms with Crippen molar-refractivity contribution in [3.63, 3.8) is 0 Å². The zero-order chi connectivity index (χ0) is 19.3. The summed E-state index contributed by atoms with van der Waals surface area (Å²) in [6.45, 7) is 6.44. The van der Waals surface area contributed by atoms with E-state index >= 15 is 0 Å². The van der Waals surface area contributed by atoms with E-state index in [1.165, 1.54) is 14.2 Å². The monoisotopic (exact) mass is 363 g/mol. The zero-order valence-corrected chi connectivity index (χ0v) is 16.2. The third kappa shape index (κ3) is 4.20. The van der Waals surface area contributed by atoms with Gasteiger partial charge in [0, 0.05) is 24.7 Å². The number of carbonyl (C=O) groups excluding carboxylic acids is 2. The van der Waals surface area contributed by atoms with Gasteiger partial charge in [-0.15, -0.1) is 0 Å². The average molecular weight is 363 g/mol. The topological polar surface area (TPSA) is 79.9 Å². The Kier molecular flexibility index (Phi) is 6.71. The van der Waals surface area contributed by atoms with Crippen molar-refractivity contribution < 1.29 is 19.1 Å². The Bertz CT molecular complexity index is 652. The number of urea groups is 1. The molecule has 26 heavy (non-hydrogen) atoms. The zero-order valence-electron chi connectivity index (χ0n) is 16.2. The lowest BCUT2D eigenvalue weighted by Gasteiger charge is -2.39. The molecule has 0 radical (unpaired) electrons. The highest BCUT2D eigenvalue weighted by atomic mass is 16.5. The number of anilines is 1. The van der Waals surface area contributed by atoms with E-state index in [1.54, 1.807) is 12.1 Å². The third-order valence-electron chi connectivity index (χ3n) is 4.77. The molecule has 1 aromatic carbocycles. The van der Waals surface area contributed by atoms with E-state index in [0.717, 1.165) is 19.3 Å². The van der Waals surface area contributed by atoms with Crippen LogP contribution in [-0.4, -0.2) is 49.7 Å². The van der Waals surface area contributed by atoms with Crippen molar-refractivity contribution in [3.8, 4) is 11.5 Å². The minimum absolute atomic E-state index is 0.113. The van der Waals surface area contributed by atoms with E-state index in [4.69, 9.17) is 9.47 Å². The van der Waals surface area contributed by atoms with E-state index in [2.05, 4.69) is 24.5 Å². The standard InChI is InChI=1S/C19H29N3O4/c1-6-20-19(24)21-15-11-17(26-5)16(25-4)10-14(15)18(23)22-12(2)8-7-9-13(22)3/h10-13H,6-9H2,1-5H3,(H2,20,21,24)/t12-,13-/m1/s1. The molecule has 7 nitrogen and oxygen atoms in total. The molecule has 3 amide bonds. The van der Waals surface area contributed by atoms with Gasteiger partial charge in [0.2, 0.25) is 0 Å². The predicted octanol–water partition coefficient (Wildman–Crippen LogP) is 3.25. The van der Waals surface area contributed by atoms with Crippen LogP contribution in [0.15, 0.2) is 12.1 Å². The second-order valence-electron chi connectivity index (χ2n) is 6.58. The third-order valence-corrected chi connectivity index (χ3v) is 4.77. The Morgan fingerprint density at radius 2 is 1.69 bits per heavy atom. The van der Waals surface area contributed by atoms with Crippen molar-refractivity contribution in [2.75, 3.05) is 26.1 Å². The molecule has 0 saturated carbocycles. The first-order chi connectivity index (χ1) is 12.4. The van der Waals surface area contributed by atoms with Crippen LogP contribution >= 0.6 is 0 Å². The molecule has 0 bridgehead atoms. The molecular weight excluding hydrogens is 334 g/mol. The maximum absolute atomic E-state index is 13.3. The highest BCUT2D eigenvalue weighted by molar-refractivity contribution is 6.04. The largest absolute Gasteiger partial charge is 0.493 e. The summed E-state index contributed by atoms with van der Waals surface area (Å²) < 4.78 is 10.7.